The largest absolute Gasteiger partial charge is 0.387 e. The van der Waals surface area contributed by atoms with Gasteiger partial charge in [-0.25, -0.2) is 4.39 Å². The van der Waals surface area contributed by atoms with Crippen LogP contribution >= 0.6 is 0 Å². The summed E-state index contributed by atoms with van der Waals surface area (Å²) in [7, 11) is 1.82. The van der Waals surface area contributed by atoms with E-state index in [4.69, 9.17) is 0 Å². The fourth-order valence-electron chi connectivity index (χ4n) is 2.21. The van der Waals surface area contributed by atoms with Crippen LogP contribution in [0.25, 0.3) is 0 Å². The van der Waals surface area contributed by atoms with Gasteiger partial charge in [0.2, 0.25) is 0 Å². The predicted molar refractivity (Wildman–Crippen MR) is 80.8 cm³/mol. The van der Waals surface area contributed by atoms with Crippen LogP contribution < -0.4 is 0 Å². The van der Waals surface area contributed by atoms with E-state index in [0.29, 0.717) is 18.7 Å². The summed E-state index contributed by atoms with van der Waals surface area (Å²) in [5.74, 6) is -0.289. The second-order valence-corrected chi connectivity index (χ2v) is 5.19. The molecule has 0 saturated carbocycles. The molecular weight excluding hydrogens is 287 g/mol. The zero-order valence-electron chi connectivity index (χ0n) is 12.1. The van der Waals surface area contributed by atoms with Gasteiger partial charge in [0.1, 0.15) is 5.82 Å². The lowest BCUT2D eigenvalue weighted by Crippen LogP contribution is -2.24. The maximum Gasteiger partial charge on any atom is 0.269 e. The van der Waals surface area contributed by atoms with Crippen molar-refractivity contribution in [2.75, 3.05) is 13.6 Å². The molecule has 0 fully saturated rings. The van der Waals surface area contributed by atoms with E-state index in [9.17, 15) is 19.6 Å². The Balaban J connectivity index is 1.98. The molecule has 1 atom stereocenters. The highest BCUT2D eigenvalue weighted by atomic mass is 19.1. The molecule has 0 aromatic heterocycles. The van der Waals surface area contributed by atoms with E-state index in [1.165, 1.54) is 24.3 Å². The highest BCUT2D eigenvalue weighted by molar-refractivity contribution is 5.35. The standard InChI is InChI=1S/C16H17FN2O3/c1-18(10-12-5-7-14(17)8-6-12)11-16(20)13-3-2-4-15(9-13)19(21)22/h2-9,16,20H,10-11H2,1H3. The minimum Gasteiger partial charge on any atom is -0.387 e. The third-order valence-electron chi connectivity index (χ3n) is 3.32. The molecule has 0 aliphatic carbocycles. The van der Waals surface area contributed by atoms with Gasteiger partial charge in [0.15, 0.2) is 0 Å². The summed E-state index contributed by atoms with van der Waals surface area (Å²) in [5.41, 5.74) is 1.38. The molecule has 6 heteroatoms. The van der Waals surface area contributed by atoms with Crippen LogP contribution in [0.2, 0.25) is 0 Å². The molecule has 1 N–H and O–H groups in total. The van der Waals surface area contributed by atoms with Crippen molar-refractivity contribution >= 4 is 5.69 Å². The van der Waals surface area contributed by atoms with Crippen molar-refractivity contribution in [3.8, 4) is 0 Å². The number of rotatable bonds is 6. The van der Waals surface area contributed by atoms with E-state index < -0.39 is 11.0 Å². The predicted octanol–water partition coefficient (Wildman–Crippen LogP) is 2.90. The Bertz CT molecular complexity index is 646. The minimum absolute atomic E-state index is 0.0438. The number of aliphatic hydroxyl groups is 1. The smallest absolute Gasteiger partial charge is 0.269 e. The number of halogens is 1. The van der Waals surface area contributed by atoms with Crippen LogP contribution in [0, 0.1) is 15.9 Å². The van der Waals surface area contributed by atoms with Gasteiger partial charge in [-0.05, 0) is 30.3 Å². The van der Waals surface area contributed by atoms with Crippen molar-refractivity contribution in [1.82, 2.24) is 4.90 Å². The number of benzene rings is 2. The fraction of sp³-hybridized carbons (Fsp3) is 0.250. The number of nitro benzene ring substituents is 1. The topological polar surface area (TPSA) is 66.6 Å². The van der Waals surface area contributed by atoms with E-state index in [1.807, 2.05) is 11.9 Å². The Morgan fingerprint density at radius 3 is 2.59 bits per heavy atom. The van der Waals surface area contributed by atoms with Crippen molar-refractivity contribution in [2.45, 2.75) is 12.6 Å². The maximum atomic E-state index is 12.8. The first-order valence-corrected chi connectivity index (χ1v) is 6.81. The lowest BCUT2D eigenvalue weighted by atomic mass is 10.1. The molecule has 1 unspecified atom stereocenters. The molecule has 0 amide bonds. The Morgan fingerprint density at radius 1 is 1.27 bits per heavy atom. The van der Waals surface area contributed by atoms with Crippen molar-refractivity contribution in [3.05, 3.63) is 75.6 Å². The van der Waals surface area contributed by atoms with Crippen molar-refractivity contribution in [3.63, 3.8) is 0 Å². The molecule has 5 nitrogen and oxygen atoms in total. The Morgan fingerprint density at radius 2 is 1.95 bits per heavy atom. The van der Waals surface area contributed by atoms with Crippen LogP contribution in [0.4, 0.5) is 10.1 Å². The van der Waals surface area contributed by atoms with Crippen LogP contribution in [0.15, 0.2) is 48.5 Å². The Labute approximate surface area is 127 Å². The fourth-order valence-corrected chi connectivity index (χ4v) is 2.21. The van der Waals surface area contributed by atoms with E-state index in [1.54, 1.807) is 24.3 Å². The SMILES string of the molecule is CN(Cc1ccc(F)cc1)CC(O)c1cccc([N+](=O)[O-])c1. The minimum atomic E-state index is -0.828. The zero-order valence-corrected chi connectivity index (χ0v) is 12.1. The monoisotopic (exact) mass is 304 g/mol. The second-order valence-electron chi connectivity index (χ2n) is 5.19. The molecule has 0 aliphatic heterocycles. The molecule has 0 bridgehead atoms. The van der Waals surface area contributed by atoms with Gasteiger partial charge in [-0.3, -0.25) is 15.0 Å². The van der Waals surface area contributed by atoms with Crippen LogP contribution in [-0.2, 0) is 6.54 Å². The van der Waals surface area contributed by atoms with Gasteiger partial charge < -0.3 is 5.11 Å². The number of hydrogen-bond donors (Lipinski definition) is 1. The second kappa shape index (κ2) is 7.11. The summed E-state index contributed by atoms with van der Waals surface area (Å²) in [4.78, 5) is 12.1. The molecule has 22 heavy (non-hydrogen) atoms. The molecule has 0 aliphatic rings. The molecule has 116 valence electrons. The number of nitro groups is 1. The summed E-state index contributed by atoms with van der Waals surface area (Å²) in [6, 6.07) is 12.1. The van der Waals surface area contributed by atoms with Crippen LogP contribution in [0.3, 0.4) is 0 Å². The molecule has 2 aromatic carbocycles. The van der Waals surface area contributed by atoms with Crippen LogP contribution in [0.5, 0.6) is 0 Å². The number of hydrogen-bond acceptors (Lipinski definition) is 4. The summed E-state index contributed by atoms with van der Waals surface area (Å²) in [6.07, 6.45) is -0.828. The highest BCUT2D eigenvalue weighted by Crippen LogP contribution is 2.20. The lowest BCUT2D eigenvalue weighted by Gasteiger charge is -2.20. The highest BCUT2D eigenvalue weighted by Gasteiger charge is 2.14. The lowest BCUT2D eigenvalue weighted by molar-refractivity contribution is -0.385. The van der Waals surface area contributed by atoms with Crippen molar-refractivity contribution in [1.29, 1.82) is 0 Å². The van der Waals surface area contributed by atoms with Gasteiger partial charge in [0.05, 0.1) is 11.0 Å². The van der Waals surface area contributed by atoms with Crippen molar-refractivity contribution in [2.24, 2.45) is 0 Å². The molecule has 2 rings (SSSR count). The number of likely N-dealkylation sites (N-methyl/N-ethyl adjacent to an activating group) is 1. The van der Waals surface area contributed by atoms with E-state index in [0.717, 1.165) is 5.56 Å². The van der Waals surface area contributed by atoms with Gasteiger partial charge in [-0.1, -0.05) is 24.3 Å². The molecule has 0 saturated heterocycles. The molecule has 2 aromatic rings. The normalized spacial score (nSPS) is 12.4. The summed E-state index contributed by atoms with van der Waals surface area (Å²) < 4.78 is 12.8. The number of aliphatic hydroxyl groups excluding tert-OH is 1. The first kappa shape index (κ1) is 16.1. The van der Waals surface area contributed by atoms with E-state index >= 15 is 0 Å². The average Bonchev–Trinajstić information content (AvgIpc) is 2.49. The first-order valence-electron chi connectivity index (χ1n) is 6.81. The third kappa shape index (κ3) is 4.34. The van der Waals surface area contributed by atoms with Gasteiger partial charge in [0, 0.05) is 25.2 Å². The maximum absolute atomic E-state index is 12.8. The van der Waals surface area contributed by atoms with Crippen molar-refractivity contribution < 1.29 is 14.4 Å². The van der Waals surface area contributed by atoms with E-state index in [2.05, 4.69) is 0 Å². The van der Waals surface area contributed by atoms with Gasteiger partial charge in [-0.2, -0.15) is 0 Å². The summed E-state index contributed by atoms with van der Waals surface area (Å²) in [6.45, 7) is 0.866. The number of nitrogens with zero attached hydrogens (tertiary/aromatic N) is 2. The summed E-state index contributed by atoms with van der Waals surface area (Å²) >= 11 is 0. The quantitative estimate of drug-likeness (QED) is 0.658. The molecule has 0 radical (unpaired) electrons. The van der Waals surface area contributed by atoms with Gasteiger partial charge >= 0.3 is 0 Å². The first-order chi connectivity index (χ1) is 10.5. The third-order valence-corrected chi connectivity index (χ3v) is 3.32. The van der Waals surface area contributed by atoms with Gasteiger partial charge in [0.25, 0.3) is 5.69 Å². The average molecular weight is 304 g/mol. The molecule has 0 heterocycles. The zero-order chi connectivity index (χ0) is 16.1. The summed E-state index contributed by atoms with van der Waals surface area (Å²) in [5, 5.41) is 20.9. The van der Waals surface area contributed by atoms with Gasteiger partial charge in [-0.15, -0.1) is 0 Å². The molecule has 0 spiro atoms. The molecular formula is C16H17FN2O3. The number of non-ortho nitro benzene ring substituents is 1. The van der Waals surface area contributed by atoms with Crippen LogP contribution in [-0.4, -0.2) is 28.5 Å². The van der Waals surface area contributed by atoms with Crippen LogP contribution in [0.1, 0.15) is 17.2 Å². The van der Waals surface area contributed by atoms with E-state index in [-0.39, 0.29) is 11.5 Å². The Hall–Kier alpha value is -2.31. The Kier molecular flexibility index (Phi) is 5.19.